The second-order valence-electron chi connectivity index (χ2n) is 7.49. The van der Waals surface area contributed by atoms with Gasteiger partial charge in [-0.05, 0) is 27.2 Å². The largest absolute Gasteiger partial charge is 0.440 e. The maximum Gasteiger partial charge on any atom is 0.318 e. The molecule has 0 bridgehead atoms. The number of fused-ring (bicyclic) bond motifs is 1. The Kier molecular flexibility index (Phi) is 4.16. The molecule has 3 amide bonds. The molecule has 2 aromatic heterocycles. The summed E-state index contributed by atoms with van der Waals surface area (Å²) in [6, 6.07) is 0.168. The lowest BCUT2D eigenvalue weighted by Gasteiger charge is -2.37. The summed E-state index contributed by atoms with van der Waals surface area (Å²) < 4.78 is 7.35. The van der Waals surface area contributed by atoms with Crippen LogP contribution in [0.3, 0.4) is 0 Å². The zero-order chi connectivity index (χ0) is 19.3. The lowest BCUT2D eigenvalue weighted by Crippen LogP contribution is -2.53. The van der Waals surface area contributed by atoms with Crippen molar-refractivity contribution in [2.45, 2.75) is 45.3 Å². The van der Waals surface area contributed by atoms with Gasteiger partial charge in [-0.2, -0.15) is 5.10 Å². The molecule has 2 fully saturated rings. The van der Waals surface area contributed by atoms with E-state index in [9.17, 15) is 9.59 Å². The maximum atomic E-state index is 13.0. The molecule has 2 saturated heterocycles. The lowest BCUT2D eigenvalue weighted by molar-refractivity contribution is 0.0638. The van der Waals surface area contributed by atoms with Crippen LogP contribution in [0.1, 0.15) is 36.5 Å². The Hall–Kier alpha value is -2.84. The topological polar surface area (TPSA) is 96.5 Å². The van der Waals surface area contributed by atoms with Gasteiger partial charge in [0.25, 0.3) is 5.91 Å². The zero-order valence-corrected chi connectivity index (χ0v) is 16.0. The number of hydrogen-bond acceptors (Lipinski definition) is 5. The molecule has 0 spiro atoms. The van der Waals surface area contributed by atoms with Gasteiger partial charge >= 0.3 is 6.03 Å². The summed E-state index contributed by atoms with van der Waals surface area (Å²) in [7, 11) is 1.81. The quantitative estimate of drug-likeness (QED) is 0.878. The molecule has 2 atom stereocenters. The molecule has 144 valence electrons. The average Bonchev–Trinajstić information content (AvgIpc) is 3.29. The summed E-state index contributed by atoms with van der Waals surface area (Å²) in [6.07, 6.45) is 4.19. The molecule has 9 nitrogen and oxygen atoms in total. The summed E-state index contributed by atoms with van der Waals surface area (Å²) in [5.74, 6) is 0.710. The van der Waals surface area contributed by atoms with E-state index in [1.54, 1.807) is 28.9 Å². The number of aryl methyl sites for hydroxylation is 2. The third-order valence-corrected chi connectivity index (χ3v) is 5.27. The summed E-state index contributed by atoms with van der Waals surface area (Å²) >= 11 is 0. The standard InChI is InChI=1S/C18H24N6O3/c1-10(2)24-14-5-6-23(9-13(14)20-18(24)26)17(25)15-11(3)27-16(21-15)12-7-19-22(4)8-12/h7-8,10,13-14H,5-6,9H2,1-4H3,(H,20,26)/t13-,14+/m1/s1. The summed E-state index contributed by atoms with van der Waals surface area (Å²) in [6.45, 7) is 6.83. The van der Waals surface area contributed by atoms with Gasteiger partial charge in [-0.1, -0.05) is 0 Å². The van der Waals surface area contributed by atoms with E-state index in [1.807, 2.05) is 25.8 Å². The van der Waals surface area contributed by atoms with Crippen LogP contribution >= 0.6 is 0 Å². The monoisotopic (exact) mass is 372 g/mol. The number of nitrogens with zero attached hydrogens (tertiary/aromatic N) is 5. The minimum absolute atomic E-state index is 0.0502. The number of oxazole rings is 1. The highest BCUT2D eigenvalue weighted by Crippen LogP contribution is 2.27. The molecule has 0 saturated carbocycles. The molecule has 0 radical (unpaired) electrons. The molecule has 4 heterocycles. The SMILES string of the molecule is Cc1oc(-c2cnn(C)c2)nc1C(=O)N1CC[C@H]2[C@@H](C1)NC(=O)N2C(C)C. The van der Waals surface area contributed by atoms with Crippen molar-refractivity contribution in [1.29, 1.82) is 0 Å². The van der Waals surface area contributed by atoms with Crippen LogP contribution in [0.5, 0.6) is 0 Å². The van der Waals surface area contributed by atoms with Crippen LogP contribution in [0, 0.1) is 6.92 Å². The number of piperidine rings is 1. The molecule has 0 aromatic carbocycles. The molecule has 2 aliphatic heterocycles. The summed E-state index contributed by atoms with van der Waals surface area (Å²) in [4.78, 5) is 33.3. The van der Waals surface area contributed by atoms with Gasteiger partial charge in [0.2, 0.25) is 5.89 Å². The maximum absolute atomic E-state index is 13.0. The molecule has 1 N–H and O–H groups in total. The average molecular weight is 372 g/mol. The Morgan fingerprint density at radius 3 is 2.85 bits per heavy atom. The van der Waals surface area contributed by atoms with Crippen LogP contribution in [-0.2, 0) is 7.05 Å². The predicted octanol–water partition coefficient (Wildman–Crippen LogP) is 1.40. The van der Waals surface area contributed by atoms with E-state index >= 15 is 0 Å². The van der Waals surface area contributed by atoms with Crippen molar-refractivity contribution in [3.05, 3.63) is 23.8 Å². The fourth-order valence-electron chi connectivity index (χ4n) is 4.00. The van der Waals surface area contributed by atoms with Crippen molar-refractivity contribution in [3.8, 4) is 11.5 Å². The number of likely N-dealkylation sites (tertiary alicyclic amines) is 1. The van der Waals surface area contributed by atoms with Crippen LogP contribution in [0.25, 0.3) is 11.5 Å². The number of rotatable bonds is 3. The first-order chi connectivity index (χ1) is 12.8. The van der Waals surface area contributed by atoms with E-state index in [1.165, 1.54) is 0 Å². The van der Waals surface area contributed by atoms with Crippen LogP contribution in [0.15, 0.2) is 16.8 Å². The van der Waals surface area contributed by atoms with Crippen molar-refractivity contribution in [2.24, 2.45) is 7.05 Å². The van der Waals surface area contributed by atoms with Crippen molar-refractivity contribution in [2.75, 3.05) is 13.1 Å². The zero-order valence-electron chi connectivity index (χ0n) is 16.0. The van der Waals surface area contributed by atoms with Gasteiger partial charge < -0.3 is 19.5 Å². The van der Waals surface area contributed by atoms with E-state index in [-0.39, 0.29) is 30.1 Å². The Morgan fingerprint density at radius 2 is 2.19 bits per heavy atom. The summed E-state index contributed by atoms with van der Waals surface area (Å²) in [5.41, 5.74) is 1.05. The first kappa shape index (κ1) is 17.6. The summed E-state index contributed by atoms with van der Waals surface area (Å²) in [5, 5.41) is 7.12. The number of amides is 3. The molecule has 4 rings (SSSR count). The number of carbonyl (C=O) groups excluding carboxylic acids is 2. The second kappa shape index (κ2) is 6.40. The highest BCUT2D eigenvalue weighted by molar-refractivity contribution is 5.94. The van der Waals surface area contributed by atoms with Gasteiger partial charge in [0, 0.05) is 32.4 Å². The van der Waals surface area contributed by atoms with E-state index < -0.39 is 0 Å². The van der Waals surface area contributed by atoms with Gasteiger partial charge in [-0.15, -0.1) is 0 Å². The molecule has 27 heavy (non-hydrogen) atoms. The third-order valence-electron chi connectivity index (χ3n) is 5.27. The van der Waals surface area contributed by atoms with Gasteiger partial charge in [0.1, 0.15) is 5.76 Å². The third kappa shape index (κ3) is 2.96. The number of aromatic nitrogens is 3. The Balaban J connectivity index is 1.52. The van der Waals surface area contributed by atoms with Crippen LogP contribution in [-0.4, -0.2) is 67.7 Å². The van der Waals surface area contributed by atoms with Crippen LogP contribution < -0.4 is 5.32 Å². The van der Waals surface area contributed by atoms with E-state index in [0.717, 1.165) is 12.0 Å². The van der Waals surface area contributed by atoms with Gasteiger partial charge in [-0.3, -0.25) is 9.48 Å². The fourth-order valence-corrected chi connectivity index (χ4v) is 4.00. The van der Waals surface area contributed by atoms with Gasteiger partial charge in [0.15, 0.2) is 5.69 Å². The highest BCUT2D eigenvalue weighted by Gasteiger charge is 2.44. The first-order valence-electron chi connectivity index (χ1n) is 9.19. The van der Waals surface area contributed by atoms with Crippen LogP contribution in [0.4, 0.5) is 4.79 Å². The molecule has 2 aromatic rings. The van der Waals surface area contributed by atoms with Crippen LogP contribution in [0.2, 0.25) is 0 Å². The van der Waals surface area contributed by atoms with Crippen molar-refractivity contribution in [1.82, 2.24) is 29.9 Å². The first-order valence-corrected chi connectivity index (χ1v) is 9.19. The van der Waals surface area contributed by atoms with Crippen molar-refractivity contribution in [3.63, 3.8) is 0 Å². The highest BCUT2D eigenvalue weighted by atomic mass is 16.4. The van der Waals surface area contributed by atoms with Crippen molar-refractivity contribution >= 4 is 11.9 Å². The normalized spacial score (nSPS) is 22.3. The molecule has 2 aliphatic rings. The molecular weight excluding hydrogens is 348 g/mol. The fraction of sp³-hybridized carbons (Fsp3) is 0.556. The van der Waals surface area contributed by atoms with E-state index in [0.29, 0.717) is 30.4 Å². The molecule has 0 aliphatic carbocycles. The Bertz CT molecular complexity index is 886. The Morgan fingerprint density at radius 1 is 1.41 bits per heavy atom. The molecule has 9 heteroatoms. The van der Waals surface area contributed by atoms with Gasteiger partial charge in [0.05, 0.1) is 23.8 Å². The number of nitrogens with one attached hydrogen (secondary N) is 1. The number of carbonyl (C=O) groups is 2. The number of urea groups is 1. The van der Waals surface area contributed by atoms with Gasteiger partial charge in [-0.25, -0.2) is 9.78 Å². The minimum atomic E-state index is -0.165. The second-order valence-corrected chi connectivity index (χ2v) is 7.49. The molecule has 0 unspecified atom stereocenters. The lowest BCUT2D eigenvalue weighted by atomic mass is 9.98. The van der Waals surface area contributed by atoms with E-state index in [4.69, 9.17) is 4.42 Å². The Labute approximate surface area is 157 Å². The minimum Gasteiger partial charge on any atom is -0.440 e. The molecular formula is C18H24N6O3. The van der Waals surface area contributed by atoms with Crippen molar-refractivity contribution < 1.29 is 14.0 Å². The number of hydrogen-bond donors (Lipinski definition) is 1. The smallest absolute Gasteiger partial charge is 0.318 e. The van der Waals surface area contributed by atoms with E-state index in [2.05, 4.69) is 15.4 Å². The predicted molar refractivity (Wildman–Crippen MR) is 97.0 cm³/mol.